The fourth-order valence-electron chi connectivity index (χ4n) is 1.73. The first-order valence-corrected chi connectivity index (χ1v) is 8.21. The van der Waals surface area contributed by atoms with Crippen LogP contribution in [0.15, 0.2) is 24.3 Å². The van der Waals surface area contributed by atoms with E-state index in [2.05, 4.69) is 10.0 Å². The maximum Gasteiger partial charge on any atom is 0.233 e. The van der Waals surface area contributed by atoms with Gasteiger partial charge in [0.15, 0.2) is 0 Å². The van der Waals surface area contributed by atoms with Gasteiger partial charge in [-0.1, -0.05) is 6.07 Å². The second kappa shape index (κ2) is 6.25. The number of hydrogen-bond acceptors (Lipinski definition) is 4. The SMILES string of the molecule is CCOc1cccc(NS(=O)(=O)CCNC2CC2)c1. The lowest BCUT2D eigenvalue weighted by Crippen LogP contribution is -2.27. The van der Waals surface area contributed by atoms with Crippen molar-refractivity contribution in [2.24, 2.45) is 0 Å². The lowest BCUT2D eigenvalue weighted by atomic mass is 10.3. The fourth-order valence-corrected chi connectivity index (χ4v) is 2.71. The van der Waals surface area contributed by atoms with Crippen LogP contribution in [0.25, 0.3) is 0 Å². The van der Waals surface area contributed by atoms with Crippen molar-refractivity contribution in [2.45, 2.75) is 25.8 Å². The summed E-state index contributed by atoms with van der Waals surface area (Å²) in [6.07, 6.45) is 2.31. The van der Waals surface area contributed by atoms with Crippen molar-refractivity contribution in [1.29, 1.82) is 0 Å². The van der Waals surface area contributed by atoms with Crippen molar-refractivity contribution in [2.75, 3.05) is 23.6 Å². The third-order valence-electron chi connectivity index (χ3n) is 2.80. The fraction of sp³-hybridized carbons (Fsp3) is 0.538. The Morgan fingerprint density at radius 1 is 1.37 bits per heavy atom. The Labute approximate surface area is 114 Å². The summed E-state index contributed by atoms with van der Waals surface area (Å²) in [5.74, 6) is 0.751. The molecule has 0 aromatic heterocycles. The highest BCUT2D eigenvalue weighted by Crippen LogP contribution is 2.19. The molecule has 19 heavy (non-hydrogen) atoms. The molecular weight excluding hydrogens is 264 g/mol. The minimum absolute atomic E-state index is 0.0857. The zero-order chi connectivity index (χ0) is 13.7. The summed E-state index contributed by atoms with van der Waals surface area (Å²) in [5.41, 5.74) is 0.539. The maximum atomic E-state index is 11.9. The van der Waals surface area contributed by atoms with E-state index < -0.39 is 10.0 Å². The monoisotopic (exact) mass is 284 g/mol. The molecule has 0 aliphatic heterocycles. The van der Waals surface area contributed by atoms with E-state index in [9.17, 15) is 8.42 Å². The number of hydrogen-bond donors (Lipinski definition) is 2. The van der Waals surface area contributed by atoms with E-state index in [4.69, 9.17) is 4.74 Å². The van der Waals surface area contributed by atoms with Crippen molar-refractivity contribution in [1.82, 2.24) is 5.32 Å². The summed E-state index contributed by atoms with van der Waals surface area (Å²) in [6, 6.07) is 7.50. The number of nitrogens with one attached hydrogen (secondary N) is 2. The van der Waals surface area contributed by atoms with Gasteiger partial charge in [-0.3, -0.25) is 4.72 Å². The van der Waals surface area contributed by atoms with Gasteiger partial charge in [-0.2, -0.15) is 0 Å². The highest BCUT2D eigenvalue weighted by Gasteiger charge is 2.21. The molecule has 5 nitrogen and oxygen atoms in total. The Balaban J connectivity index is 1.88. The predicted molar refractivity (Wildman–Crippen MR) is 76.0 cm³/mol. The summed E-state index contributed by atoms with van der Waals surface area (Å²) in [6.45, 7) is 2.94. The Kier molecular flexibility index (Phi) is 4.66. The van der Waals surface area contributed by atoms with Crippen LogP contribution in [-0.2, 0) is 10.0 Å². The molecule has 0 spiro atoms. The van der Waals surface area contributed by atoms with Crippen LogP contribution in [0.2, 0.25) is 0 Å². The van der Waals surface area contributed by atoms with Gasteiger partial charge in [0.2, 0.25) is 10.0 Å². The molecule has 2 N–H and O–H groups in total. The molecule has 0 atom stereocenters. The van der Waals surface area contributed by atoms with Gasteiger partial charge in [0.1, 0.15) is 5.75 Å². The van der Waals surface area contributed by atoms with Gasteiger partial charge in [-0.05, 0) is 31.9 Å². The van der Waals surface area contributed by atoms with E-state index in [-0.39, 0.29) is 5.75 Å². The van der Waals surface area contributed by atoms with Crippen LogP contribution in [0.1, 0.15) is 19.8 Å². The minimum atomic E-state index is -3.30. The van der Waals surface area contributed by atoms with E-state index in [0.717, 1.165) is 12.8 Å². The average molecular weight is 284 g/mol. The van der Waals surface area contributed by atoms with Gasteiger partial charge in [0, 0.05) is 18.7 Å². The summed E-state index contributed by atoms with van der Waals surface area (Å²) in [5, 5.41) is 3.19. The van der Waals surface area contributed by atoms with Crippen molar-refractivity contribution in [3.63, 3.8) is 0 Å². The van der Waals surface area contributed by atoms with E-state index in [1.54, 1.807) is 24.3 Å². The van der Waals surface area contributed by atoms with Crippen molar-refractivity contribution < 1.29 is 13.2 Å². The molecule has 0 radical (unpaired) electrons. The van der Waals surface area contributed by atoms with E-state index in [1.165, 1.54) is 0 Å². The number of sulfonamides is 1. The van der Waals surface area contributed by atoms with Gasteiger partial charge >= 0.3 is 0 Å². The first kappa shape index (κ1) is 14.1. The molecule has 1 saturated carbocycles. The summed E-state index contributed by atoms with van der Waals surface area (Å²) in [4.78, 5) is 0. The van der Waals surface area contributed by atoms with E-state index >= 15 is 0 Å². The lowest BCUT2D eigenvalue weighted by molar-refractivity contribution is 0.340. The predicted octanol–water partition coefficient (Wildman–Crippen LogP) is 1.58. The van der Waals surface area contributed by atoms with Crippen LogP contribution in [0.4, 0.5) is 5.69 Å². The number of rotatable bonds is 8. The molecule has 1 aromatic carbocycles. The van der Waals surface area contributed by atoms with Crippen LogP contribution in [0, 0.1) is 0 Å². The molecular formula is C13H20N2O3S. The highest BCUT2D eigenvalue weighted by molar-refractivity contribution is 7.92. The smallest absolute Gasteiger partial charge is 0.233 e. The quantitative estimate of drug-likeness (QED) is 0.760. The van der Waals surface area contributed by atoms with Gasteiger partial charge in [-0.15, -0.1) is 0 Å². The molecule has 6 heteroatoms. The second-order valence-electron chi connectivity index (χ2n) is 4.61. The minimum Gasteiger partial charge on any atom is -0.494 e. The lowest BCUT2D eigenvalue weighted by Gasteiger charge is -2.10. The first-order chi connectivity index (χ1) is 9.09. The Morgan fingerprint density at radius 2 is 2.16 bits per heavy atom. The number of benzene rings is 1. The summed E-state index contributed by atoms with van der Waals surface area (Å²) < 4.78 is 31.7. The Hall–Kier alpha value is -1.27. The molecule has 1 aliphatic rings. The topological polar surface area (TPSA) is 67.4 Å². The van der Waals surface area contributed by atoms with Gasteiger partial charge in [0.05, 0.1) is 18.0 Å². The van der Waals surface area contributed by atoms with Crippen molar-refractivity contribution in [3.8, 4) is 5.75 Å². The molecule has 0 saturated heterocycles. The molecule has 1 fully saturated rings. The molecule has 1 aromatic rings. The first-order valence-electron chi connectivity index (χ1n) is 6.56. The molecule has 0 amide bonds. The van der Waals surface area contributed by atoms with Crippen LogP contribution in [-0.4, -0.2) is 33.4 Å². The Morgan fingerprint density at radius 3 is 2.84 bits per heavy atom. The number of anilines is 1. The molecule has 1 aliphatic carbocycles. The number of ether oxygens (including phenoxy) is 1. The zero-order valence-corrected chi connectivity index (χ0v) is 11.9. The normalized spacial score (nSPS) is 15.2. The second-order valence-corrected chi connectivity index (χ2v) is 6.45. The largest absolute Gasteiger partial charge is 0.494 e. The average Bonchev–Trinajstić information content (AvgIpc) is 3.13. The highest BCUT2D eigenvalue weighted by atomic mass is 32.2. The van der Waals surface area contributed by atoms with Gasteiger partial charge < -0.3 is 10.1 Å². The molecule has 2 rings (SSSR count). The zero-order valence-electron chi connectivity index (χ0n) is 11.1. The molecule has 106 valence electrons. The van der Waals surface area contributed by atoms with Crippen LogP contribution < -0.4 is 14.8 Å². The van der Waals surface area contributed by atoms with Crippen LogP contribution >= 0.6 is 0 Å². The molecule has 0 unspecified atom stereocenters. The maximum absolute atomic E-state index is 11.9. The molecule has 0 bridgehead atoms. The Bertz CT molecular complexity index is 512. The van der Waals surface area contributed by atoms with Gasteiger partial charge in [0.25, 0.3) is 0 Å². The van der Waals surface area contributed by atoms with Crippen LogP contribution in [0.5, 0.6) is 5.75 Å². The molecule has 0 heterocycles. The third kappa shape index (κ3) is 5.08. The van der Waals surface area contributed by atoms with Crippen molar-refractivity contribution >= 4 is 15.7 Å². The van der Waals surface area contributed by atoms with Crippen LogP contribution in [0.3, 0.4) is 0 Å². The van der Waals surface area contributed by atoms with E-state index in [1.807, 2.05) is 6.92 Å². The third-order valence-corrected chi connectivity index (χ3v) is 4.09. The standard InChI is InChI=1S/C13H20N2O3S/c1-2-18-13-5-3-4-12(10-13)15-19(16,17)9-8-14-11-6-7-11/h3-5,10-11,14-15H,2,6-9H2,1H3. The van der Waals surface area contributed by atoms with E-state index in [0.29, 0.717) is 30.6 Å². The summed E-state index contributed by atoms with van der Waals surface area (Å²) in [7, 11) is -3.30. The van der Waals surface area contributed by atoms with Gasteiger partial charge in [-0.25, -0.2) is 8.42 Å². The summed E-state index contributed by atoms with van der Waals surface area (Å²) >= 11 is 0. The van der Waals surface area contributed by atoms with Crippen molar-refractivity contribution in [3.05, 3.63) is 24.3 Å².